The quantitative estimate of drug-likeness (QED) is 0.341. The monoisotopic (exact) mass is 321 g/mol. The summed E-state index contributed by atoms with van der Waals surface area (Å²) in [6, 6.07) is 10.2. The van der Waals surface area contributed by atoms with Crippen LogP contribution in [0.5, 0.6) is 0 Å². The van der Waals surface area contributed by atoms with Gasteiger partial charge < -0.3 is 0 Å². The van der Waals surface area contributed by atoms with Crippen LogP contribution in [0, 0.1) is 0 Å². The van der Waals surface area contributed by atoms with E-state index in [1.807, 2.05) is 18.2 Å². The van der Waals surface area contributed by atoms with E-state index >= 15 is 0 Å². The lowest BCUT2D eigenvalue weighted by atomic mass is 9.95. The van der Waals surface area contributed by atoms with Crippen LogP contribution < -0.4 is 0 Å². The smallest absolute Gasteiger partial charge is 0.294 e. The molecule has 0 radical (unpaired) electrons. The van der Waals surface area contributed by atoms with Crippen molar-refractivity contribution in [1.29, 1.82) is 0 Å². The molecule has 4 heteroatoms. The topological polar surface area (TPSA) is 57.5 Å². The Hall–Kier alpha value is -1.02. The highest BCUT2D eigenvalue weighted by molar-refractivity contribution is 7.70. The molecule has 2 N–H and O–H groups in total. The van der Waals surface area contributed by atoms with Gasteiger partial charge in [0.1, 0.15) is 6.16 Å². The zero-order valence-corrected chi connectivity index (χ0v) is 14.0. The maximum Gasteiger partial charge on any atom is 0.303 e. The van der Waals surface area contributed by atoms with Crippen LogP contribution in [-0.2, 0) is 11.2 Å². The second kappa shape index (κ2) is 8.57. The highest BCUT2D eigenvalue weighted by atomic mass is 31.2. The molecule has 22 heavy (non-hydrogen) atoms. The van der Waals surface area contributed by atoms with Crippen LogP contribution >= 0.6 is 7.72 Å². The number of benzene rings is 1. The molecule has 3 nitrogen and oxygen atoms in total. The summed E-state index contributed by atoms with van der Waals surface area (Å²) in [4.78, 5) is 32.2. The lowest BCUT2D eigenvalue weighted by molar-refractivity contribution is -0.104. The van der Waals surface area contributed by atoms with Gasteiger partial charge in [-0.25, -0.2) is 9.79 Å². The summed E-state index contributed by atoms with van der Waals surface area (Å²) in [7, 11) is -3.23. The standard InChI is InChI=1S/C18H26O3P/c19-15-18(17-12-5-2-6-13-17)22(20,21)14-8-7-11-16-9-3-1-4-10-16/h1,3-4,9-10,15,20-21H,2,5-8,11-14H2/q+1. The van der Waals surface area contributed by atoms with Crippen LogP contribution in [0.25, 0.3) is 0 Å². The maximum atomic E-state index is 11.4. The van der Waals surface area contributed by atoms with E-state index in [-0.39, 0.29) is 0 Å². The van der Waals surface area contributed by atoms with Gasteiger partial charge in [0.15, 0.2) is 11.6 Å². The van der Waals surface area contributed by atoms with Crippen molar-refractivity contribution >= 4 is 14.0 Å². The van der Waals surface area contributed by atoms with Crippen molar-refractivity contribution < 1.29 is 14.6 Å². The van der Waals surface area contributed by atoms with E-state index in [2.05, 4.69) is 12.1 Å². The van der Waals surface area contributed by atoms with Crippen molar-refractivity contribution in [2.24, 2.45) is 0 Å². The molecule has 0 saturated heterocycles. The summed E-state index contributed by atoms with van der Waals surface area (Å²) in [6.07, 6.45) is 8.60. The number of carbonyl (C=O) groups is 1. The molecule has 0 heterocycles. The van der Waals surface area contributed by atoms with E-state index in [4.69, 9.17) is 0 Å². The summed E-state index contributed by atoms with van der Waals surface area (Å²) in [6.45, 7) is 0. The molecule has 0 atom stereocenters. The molecule has 1 aliphatic carbocycles. The third-order valence-electron chi connectivity index (χ3n) is 4.34. The van der Waals surface area contributed by atoms with Gasteiger partial charge in [0.2, 0.25) is 0 Å². The number of allylic oxidation sites excluding steroid dienone is 2. The first-order valence-electron chi connectivity index (χ1n) is 8.19. The fourth-order valence-corrected chi connectivity index (χ4v) is 4.89. The predicted molar refractivity (Wildman–Crippen MR) is 91.8 cm³/mol. The Bertz CT molecular complexity index is 500. The summed E-state index contributed by atoms with van der Waals surface area (Å²) in [5, 5.41) is 0.326. The lowest BCUT2D eigenvalue weighted by Gasteiger charge is -2.19. The highest BCUT2D eigenvalue weighted by Gasteiger charge is 2.40. The Kier molecular flexibility index (Phi) is 6.75. The van der Waals surface area contributed by atoms with Gasteiger partial charge in [-0.15, -0.1) is 0 Å². The summed E-state index contributed by atoms with van der Waals surface area (Å²) >= 11 is 0. The van der Waals surface area contributed by atoms with Gasteiger partial charge >= 0.3 is 7.72 Å². The van der Waals surface area contributed by atoms with E-state index in [1.165, 1.54) is 12.0 Å². The Labute approximate surface area is 133 Å². The molecule has 0 aliphatic heterocycles. The van der Waals surface area contributed by atoms with Crippen LogP contribution in [0.1, 0.15) is 50.5 Å². The van der Waals surface area contributed by atoms with Crippen LogP contribution in [0.2, 0.25) is 0 Å². The molecule has 120 valence electrons. The maximum absolute atomic E-state index is 11.4. The van der Waals surface area contributed by atoms with Crippen molar-refractivity contribution in [2.45, 2.75) is 51.4 Å². The van der Waals surface area contributed by atoms with Gasteiger partial charge in [0, 0.05) is 0 Å². The zero-order chi connectivity index (χ0) is 15.8. The number of hydrogen-bond donors (Lipinski definition) is 2. The number of aldehydes is 1. The average molecular weight is 321 g/mol. The number of unbranched alkanes of at least 4 members (excludes halogenated alkanes) is 1. The van der Waals surface area contributed by atoms with E-state index in [0.717, 1.165) is 50.5 Å². The van der Waals surface area contributed by atoms with Crippen LogP contribution in [0.4, 0.5) is 0 Å². The molecular weight excluding hydrogens is 295 g/mol. The molecule has 1 fully saturated rings. The first-order valence-corrected chi connectivity index (χ1v) is 10.1. The molecule has 1 saturated carbocycles. The second-order valence-corrected chi connectivity index (χ2v) is 8.45. The fourth-order valence-electron chi connectivity index (χ4n) is 3.08. The third kappa shape index (κ3) is 5.01. The van der Waals surface area contributed by atoms with Crippen molar-refractivity contribution in [3.8, 4) is 0 Å². The molecule has 0 amide bonds. The van der Waals surface area contributed by atoms with Gasteiger partial charge in [-0.3, -0.25) is 4.79 Å². The normalized spacial score (nSPS) is 15.6. The largest absolute Gasteiger partial charge is 0.303 e. The Morgan fingerprint density at radius 1 is 1.05 bits per heavy atom. The molecular formula is C18H26O3P+. The Morgan fingerprint density at radius 3 is 2.36 bits per heavy atom. The number of carbonyl (C=O) groups excluding carboxylic acids is 1. The minimum atomic E-state index is -3.23. The molecule has 1 aromatic carbocycles. The van der Waals surface area contributed by atoms with Gasteiger partial charge in [0.05, 0.1) is 0 Å². The van der Waals surface area contributed by atoms with Crippen molar-refractivity contribution in [1.82, 2.24) is 0 Å². The Morgan fingerprint density at radius 2 is 1.73 bits per heavy atom. The minimum Gasteiger partial charge on any atom is -0.294 e. The molecule has 0 unspecified atom stereocenters. The van der Waals surface area contributed by atoms with Gasteiger partial charge in [-0.1, -0.05) is 36.8 Å². The van der Waals surface area contributed by atoms with E-state index in [9.17, 15) is 14.6 Å². The van der Waals surface area contributed by atoms with E-state index in [0.29, 0.717) is 17.8 Å². The first kappa shape index (κ1) is 17.3. The van der Waals surface area contributed by atoms with Crippen molar-refractivity contribution in [2.75, 3.05) is 6.16 Å². The first-order chi connectivity index (χ1) is 10.6. The van der Waals surface area contributed by atoms with Gasteiger partial charge in [-0.2, -0.15) is 0 Å². The van der Waals surface area contributed by atoms with Crippen molar-refractivity contribution in [3.05, 3.63) is 46.8 Å². The second-order valence-electron chi connectivity index (χ2n) is 6.06. The van der Waals surface area contributed by atoms with Gasteiger partial charge in [-0.05, 0) is 56.1 Å². The SMILES string of the molecule is O=CC(=C1CCCCC1)[P+](O)(O)CCCCc1ccccc1. The molecule has 0 aromatic heterocycles. The lowest BCUT2D eigenvalue weighted by Crippen LogP contribution is -2.07. The van der Waals surface area contributed by atoms with Gasteiger partial charge in [0.25, 0.3) is 0 Å². The van der Waals surface area contributed by atoms with Crippen LogP contribution in [-0.4, -0.2) is 22.2 Å². The fraction of sp³-hybridized carbons (Fsp3) is 0.500. The number of hydrogen-bond acceptors (Lipinski definition) is 3. The van der Waals surface area contributed by atoms with E-state index < -0.39 is 7.72 Å². The Balaban J connectivity index is 1.87. The average Bonchev–Trinajstić information content (AvgIpc) is 2.54. The number of aryl methyl sites for hydroxylation is 1. The molecule has 0 spiro atoms. The third-order valence-corrected chi connectivity index (χ3v) is 6.48. The molecule has 0 bridgehead atoms. The molecule has 1 aliphatic rings. The summed E-state index contributed by atoms with van der Waals surface area (Å²) in [5.74, 6) is 0. The predicted octanol–water partition coefficient (Wildman–Crippen LogP) is 4.26. The van der Waals surface area contributed by atoms with Crippen LogP contribution in [0.3, 0.4) is 0 Å². The highest BCUT2D eigenvalue weighted by Crippen LogP contribution is 2.59. The summed E-state index contributed by atoms with van der Waals surface area (Å²) in [5.41, 5.74) is 2.26. The molecule has 2 rings (SSSR count). The number of rotatable bonds is 7. The minimum absolute atomic E-state index is 0.326. The van der Waals surface area contributed by atoms with Crippen LogP contribution in [0.15, 0.2) is 41.2 Å². The van der Waals surface area contributed by atoms with E-state index in [1.54, 1.807) is 0 Å². The molecule has 1 aromatic rings. The van der Waals surface area contributed by atoms with Crippen molar-refractivity contribution in [3.63, 3.8) is 0 Å². The summed E-state index contributed by atoms with van der Waals surface area (Å²) < 4.78 is 0. The zero-order valence-electron chi connectivity index (χ0n) is 13.1.